The van der Waals surface area contributed by atoms with Crippen LogP contribution in [0.5, 0.6) is 0 Å². The van der Waals surface area contributed by atoms with Crippen LogP contribution in [0.3, 0.4) is 0 Å². The highest BCUT2D eigenvalue weighted by Crippen LogP contribution is 2.24. The van der Waals surface area contributed by atoms with Gasteiger partial charge in [-0.15, -0.1) is 0 Å². The average Bonchev–Trinajstić information content (AvgIpc) is 2.84. The summed E-state index contributed by atoms with van der Waals surface area (Å²) >= 11 is 0. The van der Waals surface area contributed by atoms with Gasteiger partial charge in [-0.2, -0.15) is 5.26 Å². The van der Waals surface area contributed by atoms with Crippen LogP contribution in [0.1, 0.15) is 31.9 Å². The van der Waals surface area contributed by atoms with Gasteiger partial charge in [0, 0.05) is 23.2 Å². The fourth-order valence-electron chi connectivity index (χ4n) is 1.71. The molecular formula is C15H17N3O. The van der Waals surface area contributed by atoms with E-state index >= 15 is 0 Å². The molecule has 0 aliphatic rings. The Morgan fingerprint density at radius 1 is 1.37 bits per heavy atom. The van der Waals surface area contributed by atoms with E-state index in [1.807, 2.05) is 12.1 Å². The Hall–Kier alpha value is -2.12. The molecule has 19 heavy (non-hydrogen) atoms. The van der Waals surface area contributed by atoms with Gasteiger partial charge < -0.3 is 9.84 Å². The summed E-state index contributed by atoms with van der Waals surface area (Å²) in [7, 11) is 0. The quantitative estimate of drug-likeness (QED) is 0.915. The molecule has 1 aromatic heterocycles. The topological polar surface area (TPSA) is 61.9 Å². The first-order chi connectivity index (χ1) is 8.99. The van der Waals surface area contributed by atoms with Gasteiger partial charge in [0.1, 0.15) is 0 Å². The summed E-state index contributed by atoms with van der Waals surface area (Å²) in [5.41, 5.74) is 2.51. The van der Waals surface area contributed by atoms with Gasteiger partial charge >= 0.3 is 0 Å². The van der Waals surface area contributed by atoms with Crippen molar-refractivity contribution < 1.29 is 4.52 Å². The van der Waals surface area contributed by atoms with E-state index in [2.05, 4.69) is 37.3 Å². The molecule has 0 spiro atoms. The van der Waals surface area contributed by atoms with E-state index < -0.39 is 0 Å². The summed E-state index contributed by atoms with van der Waals surface area (Å²) in [4.78, 5) is 0. The number of benzene rings is 1. The molecule has 0 saturated heterocycles. The molecule has 0 radical (unpaired) electrons. The predicted octanol–water partition coefficient (Wildman–Crippen LogP) is 3.10. The van der Waals surface area contributed by atoms with Crippen molar-refractivity contribution in [2.45, 2.75) is 32.9 Å². The lowest BCUT2D eigenvalue weighted by molar-refractivity contribution is 0.418. The van der Waals surface area contributed by atoms with Crippen LogP contribution in [0.2, 0.25) is 0 Å². The molecule has 0 bridgehead atoms. The molecular weight excluding hydrogens is 238 g/mol. The van der Waals surface area contributed by atoms with Crippen LogP contribution in [0.15, 0.2) is 35.0 Å². The monoisotopic (exact) mass is 255 g/mol. The summed E-state index contributed by atoms with van der Waals surface area (Å²) in [6, 6.07) is 9.47. The molecule has 2 rings (SSSR count). The van der Waals surface area contributed by atoms with Crippen LogP contribution in [0.25, 0.3) is 11.3 Å². The zero-order valence-electron chi connectivity index (χ0n) is 11.4. The van der Waals surface area contributed by atoms with Crippen LogP contribution in [-0.2, 0) is 6.54 Å². The van der Waals surface area contributed by atoms with E-state index in [1.165, 1.54) is 0 Å². The molecule has 1 heterocycles. The lowest BCUT2D eigenvalue weighted by atomic mass is 10.0. The second-order valence-corrected chi connectivity index (χ2v) is 5.48. The summed E-state index contributed by atoms with van der Waals surface area (Å²) in [6.07, 6.45) is 1.72. The third-order valence-corrected chi connectivity index (χ3v) is 2.71. The van der Waals surface area contributed by atoms with Crippen LogP contribution < -0.4 is 5.32 Å². The molecule has 1 N–H and O–H groups in total. The summed E-state index contributed by atoms with van der Waals surface area (Å²) in [5.74, 6) is 0.717. The minimum Gasteiger partial charge on any atom is -0.356 e. The molecule has 4 heteroatoms. The Morgan fingerprint density at radius 2 is 2.16 bits per heavy atom. The van der Waals surface area contributed by atoms with Crippen LogP contribution in [0, 0.1) is 11.3 Å². The molecule has 0 atom stereocenters. The number of hydrogen-bond donors (Lipinski definition) is 1. The lowest BCUT2D eigenvalue weighted by Gasteiger charge is -2.20. The lowest BCUT2D eigenvalue weighted by Crippen LogP contribution is -2.35. The Morgan fingerprint density at radius 3 is 2.84 bits per heavy atom. The second kappa shape index (κ2) is 5.25. The third kappa shape index (κ3) is 3.43. The Kier molecular flexibility index (Phi) is 3.68. The number of aromatic nitrogens is 1. The molecule has 2 aromatic rings. The summed E-state index contributed by atoms with van der Waals surface area (Å²) in [6.45, 7) is 7.00. The van der Waals surface area contributed by atoms with Gasteiger partial charge in [-0.3, -0.25) is 0 Å². The molecule has 0 aliphatic heterocycles. The minimum atomic E-state index is 0.0308. The van der Waals surface area contributed by atoms with Gasteiger partial charge in [0.15, 0.2) is 5.76 Å². The largest absolute Gasteiger partial charge is 0.356 e. The van der Waals surface area contributed by atoms with Crippen molar-refractivity contribution in [3.63, 3.8) is 0 Å². The van der Waals surface area contributed by atoms with Crippen molar-refractivity contribution >= 4 is 0 Å². The first-order valence-electron chi connectivity index (χ1n) is 6.19. The molecule has 0 aliphatic carbocycles. The molecule has 4 nitrogen and oxygen atoms in total. The highest BCUT2D eigenvalue weighted by Gasteiger charge is 2.14. The van der Waals surface area contributed by atoms with E-state index in [0.29, 0.717) is 17.9 Å². The number of rotatable bonds is 3. The number of hydrogen-bond acceptors (Lipinski definition) is 4. The van der Waals surface area contributed by atoms with E-state index in [1.54, 1.807) is 18.3 Å². The van der Waals surface area contributed by atoms with Crippen LogP contribution in [-0.4, -0.2) is 10.7 Å². The maximum atomic E-state index is 8.93. The van der Waals surface area contributed by atoms with Gasteiger partial charge in [0.25, 0.3) is 0 Å². The number of nitriles is 1. The Labute approximate surface area is 113 Å². The molecule has 98 valence electrons. The molecule has 0 unspecified atom stereocenters. The number of nitrogens with zero attached hydrogens (tertiary/aromatic N) is 2. The summed E-state index contributed by atoms with van der Waals surface area (Å²) < 4.78 is 5.32. The predicted molar refractivity (Wildman–Crippen MR) is 73.2 cm³/mol. The third-order valence-electron chi connectivity index (χ3n) is 2.71. The Balaban J connectivity index is 2.26. The smallest absolute Gasteiger partial charge is 0.171 e. The van der Waals surface area contributed by atoms with Gasteiger partial charge in [-0.1, -0.05) is 17.3 Å². The molecule has 0 amide bonds. The second-order valence-electron chi connectivity index (χ2n) is 5.48. The highest BCUT2D eigenvalue weighted by atomic mass is 16.5. The fourth-order valence-corrected chi connectivity index (χ4v) is 1.71. The van der Waals surface area contributed by atoms with Crippen molar-refractivity contribution in [3.05, 3.63) is 41.6 Å². The van der Waals surface area contributed by atoms with Crippen molar-refractivity contribution in [3.8, 4) is 17.4 Å². The van der Waals surface area contributed by atoms with Crippen molar-refractivity contribution in [2.24, 2.45) is 0 Å². The van der Waals surface area contributed by atoms with Gasteiger partial charge in [0.2, 0.25) is 0 Å². The first-order valence-corrected chi connectivity index (χ1v) is 6.19. The summed E-state index contributed by atoms with van der Waals surface area (Å²) in [5, 5.41) is 16.2. The van der Waals surface area contributed by atoms with Crippen molar-refractivity contribution in [1.82, 2.24) is 10.5 Å². The van der Waals surface area contributed by atoms with E-state index in [4.69, 9.17) is 9.78 Å². The van der Waals surface area contributed by atoms with Gasteiger partial charge in [-0.05, 0) is 32.9 Å². The Bertz CT molecular complexity index is 602. The SMILES string of the molecule is CC(C)(C)NCc1cnoc1-c1cccc(C#N)c1. The van der Waals surface area contributed by atoms with Crippen LogP contribution in [0.4, 0.5) is 0 Å². The van der Waals surface area contributed by atoms with E-state index in [9.17, 15) is 0 Å². The maximum Gasteiger partial charge on any atom is 0.171 e. The van der Waals surface area contributed by atoms with Gasteiger partial charge in [-0.25, -0.2) is 0 Å². The van der Waals surface area contributed by atoms with E-state index in [-0.39, 0.29) is 5.54 Å². The number of nitrogens with one attached hydrogen (secondary N) is 1. The zero-order valence-corrected chi connectivity index (χ0v) is 11.4. The highest BCUT2D eigenvalue weighted by molar-refractivity contribution is 5.62. The standard InChI is InChI=1S/C15H17N3O/c1-15(2,3)17-9-13-10-18-19-14(13)12-6-4-5-11(7-12)8-16/h4-7,10,17H,9H2,1-3H3. The fraction of sp³-hybridized carbons (Fsp3) is 0.333. The van der Waals surface area contributed by atoms with Crippen molar-refractivity contribution in [1.29, 1.82) is 5.26 Å². The first kappa shape index (κ1) is 13.3. The maximum absolute atomic E-state index is 8.93. The minimum absolute atomic E-state index is 0.0308. The normalized spacial score (nSPS) is 11.3. The van der Waals surface area contributed by atoms with Gasteiger partial charge in [0.05, 0.1) is 17.8 Å². The van der Waals surface area contributed by atoms with Crippen LogP contribution >= 0.6 is 0 Å². The molecule has 0 saturated carbocycles. The molecule has 0 fully saturated rings. The zero-order chi connectivity index (χ0) is 13.9. The molecule has 1 aromatic carbocycles. The van der Waals surface area contributed by atoms with Crippen molar-refractivity contribution in [2.75, 3.05) is 0 Å². The average molecular weight is 255 g/mol. The van der Waals surface area contributed by atoms with E-state index in [0.717, 1.165) is 11.1 Å².